The predicted octanol–water partition coefficient (Wildman–Crippen LogP) is 7.55. The molecule has 1 nitrogen and oxygen atoms in total. The third kappa shape index (κ3) is 4.20. The van der Waals surface area contributed by atoms with E-state index in [0.29, 0.717) is 21.5 Å². The Bertz CT molecular complexity index is 1190. The van der Waals surface area contributed by atoms with Crippen LogP contribution in [0.3, 0.4) is 0 Å². The molecule has 0 saturated carbocycles. The number of benzene rings is 4. The van der Waals surface area contributed by atoms with Gasteiger partial charge in [0, 0.05) is 0 Å². The molecule has 0 aliphatic carbocycles. The van der Waals surface area contributed by atoms with Crippen molar-refractivity contribution in [2.45, 2.75) is 24.2 Å². The molecule has 0 N–H and O–H groups in total. The van der Waals surface area contributed by atoms with Crippen LogP contribution in [0, 0.1) is 0 Å². The molecule has 4 rings (SSSR count). The second-order valence-electron chi connectivity index (χ2n) is 7.56. The number of rotatable bonds is 4. The van der Waals surface area contributed by atoms with E-state index in [0.717, 1.165) is 24.3 Å². The van der Waals surface area contributed by atoms with Gasteiger partial charge in [0.1, 0.15) is 11.8 Å². The van der Waals surface area contributed by atoms with E-state index in [4.69, 9.17) is 0 Å². The Morgan fingerprint density at radius 2 is 0.875 bits per heavy atom. The SMILES string of the molecule is O=C(C(c1ccc2ccccc2c1)C(F)(F)F)C(c1ccc2ccccc2c1)C(F)(F)F. The van der Waals surface area contributed by atoms with E-state index in [1.165, 1.54) is 12.1 Å². The lowest BCUT2D eigenvalue weighted by Gasteiger charge is -2.27. The summed E-state index contributed by atoms with van der Waals surface area (Å²) in [5.74, 6) is -7.77. The van der Waals surface area contributed by atoms with Crippen LogP contribution >= 0.6 is 0 Å². The highest BCUT2D eigenvalue weighted by Gasteiger charge is 2.55. The lowest BCUT2D eigenvalue weighted by atomic mass is 9.82. The number of hydrogen-bond donors (Lipinski definition) is 0. The summed E-state index contributed by atoms with van der Waals surface area (Å²) in [5, 5.41) is 2.04. The van der Waals surface area contributed by atoms with E-state index >= 15 is 0 Å². The minimum Gasteiger partial charge on any atom is -0.298 e. The normalized spacial score (nSPS) is 14.4. The molecule has 0 radical (unpaired) electrons. The summed E-state index contributed by atoms with van der Waals surface area (Å²) in [6, 6.07) is 20.1. The minimum absolute atomic E-state index is 0.404. The molecule has 2 unspecified atom stereocenters. The van der Waals surface area contributed by atoms with Crippen molar-refractivity contribution >= 4 is 27.3 Å². The number of carbonyl (C=O) groups is 1. The average Bonchev–Trinajstić information content (AvgIpc) is 2.72. The standard InChI is InChI=1S/C25H16F6O/c26-24(27,28)21(19-11-9-15-5-1-3-7-17(15)13-19)23(32)22(25(29,30)31)20-12-10-16-6-2-4-8-18(16)14-20/h1-14,21-22H. The number of carbonyl (C=O) groups excluding carboxylic acids is 1. The van der Waals surface area contributed by atoms with E-state index in [-0.39, 0.29) is 0 Å². The summed E-state index contributed by atoms with van der Waals surface area (Å²) in [6.07, 6.45) is -10.4. The highest BCUT2D eigenvalue weighted by molar-refractivity contribution is 5.95. The quantitative estimate of drug-likeness (QED) is 0.296. The number of hydrogen-bond acceptors (Lipinski definition) is 1. The van der Waals surface area contributed by atoms with Gasteiger partial charge < -0.3 is 0 Å². The number of fused-ring (bicyclic) bond motifs is 2. The maximum atomic E-state index is 14.0. The van der Waals surface area contributed by atoms with Gasteiger partial charge in [-0.25, -0.2) is 0 Å². The number of alkyl halides is 6. The zero-order valence-electron chi connectivity index (χ0n) is 16.4. The molecule has 2 atom stereocenters. The summed E-state index contributed by atoms with van der Waals surface area (Å²) in [5.41, 5.74) is -1.03. The topological polar surface area (TPSA) is 17.1 Å². The average molecular weight is 446 g/mol. The third-order valence-corrected chi connectivity index (χ3v) is 5.44. The lowest BCUT2D eigenvalue weighted by molar-refractivity contribution is -0.183. The van der Waals surface area contributed by atoms with Crippen LogP contribution < -0.4 is 0 Å². The van der Waals surface area contributed by atoms with Crippen molar-refractivity contribution in [3.63, 3.8) is 0 Å². The Morgan fingerprint density at radius 3 is 1.22 bits per heavy atom. The highest BCUT2D eigenvalue weighted by atomic mass is 19.4. The number of Topliss-reactive ketones (excluding diaryl/α,β-unsaturated/α-hetero) is 1. The van der Waals surface area contributed by atoms with Crippen LogP contribution in [0.2, 0.25) is 0 Å². The van der Waals surface area contributed by atoms with Crippen LogP contribution in [-0.2, 0) is 4.79 Å². The number of halogens is 6. The molecule has 0 saturated heterocycles. The third-order valence-electron chi connectivity index (χ3n) is 5.44. The van der Waals surface area contributed by atoms with Crippen molar-refractivity contribution in [1.29, 1.82) is 0 Å². The van der Waals surface area contributed by atoms with Crippen molar-refractivity contribution in [3.8, 4) is 0 Å². The van der Waals surface area contributed by atoms with Crippen molar-refractivity contribution in [3.05, 3.63) is 96.1 Å². The van der Waals surface area contributed by atoms with E-state index < -0.39 is 41.1 Å². The monoisotopic (exact) mass is 446 g/mol. The molecule has 164 valence electrons. The van der Waals surface area contributed by atoms with E-state index in [9.17, 15) is 31.1 Å². The van der Waals surface area contributed by atoms with Crippen LogP contribution in [0.15, 0.2) is 84.9 Å². The number of ketones is 1. The van der Waals surface area contributed by atoms with Gasteiger partial charge in [0.15, 0.2) is 5.78 Å². The molecule has 7 heteroatoms. The minimum atomic E-state index is -5.19. The summed E-state index contributed by atoms with van der Waals surface area (Å²) in [6.45, 7) is 0. The molecule has 0 spiro atoms. The second-order valence-corrected chi connectivity index (χ2v) is 7.56. The Balaban J connectivity index is 1.85. The lowest BCUT2D eigenvalue weighted by Crippen LogP contribution is -2.38. The van der Waals surface area contributed by atoms with Gasteiger partial charge in [0.05, 0.1) is 0 Å². The first-order valence-corrected chi connectivity index (χ1v) is 9.70. The van der Waals surface area contributed by atoms with Gasteiger partial charge in [0.25, 0.3) is 0 Å². The first-order valence-electron chi connectivity index (χ1n) is 9.70. The maximum absolute atomic E-state index is 14.0. The van der Waals surface area contributed by atoms with Crippen molar-refractivity contribution in [1.82, 2.24) is 0 Å². The predicted molar refractivity (Wildman–Crippen MR) is 110 cm³/mol. The Morgan fingerprint density at radius 1 is 0.531 bits per heavy atom. The van der Waals surface area contributed by atoms with Gasteiger partial charge in [0.2, 0.25) is 0 Å². The van der Waals surface area contributed by atoms with Crippen LogP contribution in [-0.4, -0.2) is 18.1 Å². The Kier molecular flexibility index (Phi) is 5.44. The van der Waals surface area contributed by atoms with Crippen molar-refractivity contribution in [2.24, 2.45) is 0 Å². The van der Waals surface area contributed by atoms with Crippen molar-refractivity contribution in [2.75, 3.05) is 0 Å². The highest BCUT2D eigenvalue weighted by Crippen LogP contribution is 2.45. The van der Waals surface area contributed by atoms with Crippen LogP contribution in [0.25, 0.3) is 21.5 Å². The molecule has 0 amide bonds. The molecule has 0 aromatic heterocycles. The summed E-state index contributed by atoms with van der Waals surface area (Å²) in [4.78, 5) is 13.0. The summed E-state index contributed by atoms with van der Waals surface area (Å²) < 4.78 is 83.9. The molecule has 0 heterocycles. The fourth-order valence-corrected chi connectivity index (χ4v) is 3.97. The van der Waals surface area contributed by atoms with Crippen LogP contribution in [0.4, 0.5) is 26.3 Å². The molecule has 0 bridgehead atoms. The maximum Gasteiger partial charge on any atom is 0.402 e. The fraction of sp³-hybridized carbons (Fsp3) is 0.160. The molecule has 0 fully saturated rings. The largest absolute Gasteiger partial charge is 0.402 e. The van der Waals surface area contributed by atoms with E-state index in [1.807, 2.05) is 0 Å². The molecule has 0 aliphatic heterocycles. The summed E-state index contributed by atoms with van der Waals surface area (Å²) >= 11 is 0. The molecule has 0 aliphatic rings. The Hall–Kier alpha value is -3.35. The molecule has 4 aromatic carbocycles. The molecule has 32 heavy (non-hydrogen) atoms. The van der Waals surface area contributed by atoms with Gasteiger partial charge in [-0.1, -0.05) is 84.9 Å². The van der Waals surface area contributed by atoms with E-state index in [1.54, 1.807) is 48.5 Å². The molecular weight excluding hydrogens is 430 g/mol. The van der Waals surface area contributed by atoms with Crippen molar-refractivity contribution < 1.29 is 31.1 Å². The molecular formula is C25H16F6O. The zero-order chi connectivity index (χ0) is 23.1. The zero-order valence-corrected chi connectivity index (χ0v) is 16.4. The fourth-order valence-electron chi connectivity index (χ4n) is 3.97. The van der Waals surface area contributed by atoms with E-state index in [2.05, 4.69) is 0 Å². The first-order chi connectivity index (χ1) is 15.1. The first kappa shape index (κ1) is 21.9. The van der Waals surface area contributed by atoms with Gasteiger partial charge in [-0.3, -0.25) is 4.79 Å². The van der Waals surface area contributed by atoms with Gasteiger partial charge in [-0.2, -0.15) is 26.3 Å². The van der Waals surface area contributed by atoms with Crippen LogP contribution in [0.1, 0.15) is 23.0 Å². The Labute approximate surface area is 179 Å². The van der Waals surface area contributed by atoms with Gasteiger partial charge >= 0.3 is 12.4 Å². The molecule has 4 aromatic rings. The second kappa shape index (κ2) is 7.97. The van der Waals surface area contributed by atoms with Gasteiger partial charge in [-0.05, 0) is 32.7 Å². The van der Waals surface area contributed by atoms with Crippen LogP contribution in [0.5, 0.6) is 0 Å². The summed E-state index contributed by atoms with van der Waals surface area (Å²) in [7, 11) is 0. The van der Waals surface area contributed by atoms with Gasteiger partial charge in [-0.15, -0.1) is 0 Å². The smallest absolute Gasteiger partial charge is 0.298 e.